The monoisotopic (exact) mass is 314 g/mol. The quantitative estimate of drug-likeness (QED) is 0.759. The Morgan fingerprint density at radius 2 is 1.90 bits per heavy atom. The van der Waals surface area contributed by atoms with Crippen molar-refractivity contribution in [2.45, 2.75) is 11.8 Å². The van der Waals surface area contributed by atoms with Crippen molar-refractivity contribution in [2.24, 2.45) is 0 Å². The summed E-state index contributed by atoms with van der Waals surface area (Å²) in [4.78, 5) is 24.4. The van der Waals surface area contributed by atoms with Gasteiger partial charge in [0.05, 0.1) is 24.1 Å². The van der Waals surface area contributed by atoms with Crippen LogP contribution in [0.2, 0.25) is 0 Å². The summed E-state index contributed by atoms with van der Waals surface area (Å²) >= 11 is 0. The number of methoxy groups -OCH3 is 1. The lowest BCUT2D eigenvalue weighted by molar-refractivity contribution is -0.128. The van der Waals surface area contributed by atoms with Crippen LogP contribution in [0, 0.1) is 0 Å². The van der Waals surface area contributed by atoms with E-state index in [1.807, 2.05) is 0 Å². The molecule has 0 atom stereocenters. The van der Waals surface area contributed by atoms with Gasteiger partial charge in [-0.3, -0.25) is 4.79 Å². The molecule has 1 amide bonds. The van der Waals surface area contributed by atoms with Crippen LogP contribution >= 0.6 is 0 Å². The summed E-state index contributed by atoms with van der Waals surface area (Å²) in [7, 11) is -1.25. The van der Waals surface area contributed by atoms with Crippen LogP contribution < -0.4 is 4.72 Å². The van der Waals surface area contributed by atoms with Crippen LogP contribution in [0.15, 0.2) is 29.2 Å². The third-order valence-corrected chi connectivity index (χ3v) is 4.35. The topological polar surface area (TPSA) is 92.8 Å². The second-order valence-electron chi connectivity index (χ2n) is 4.22. The highest BCUT2D eigenvalue weighted by molar-refractivity contribution is 7.89. The van der Waals surface area contributed by atoms with E-state index in [2.05, 4.69) is 9.46 Å². The minimum atomic E-state index is -3.98. The number of esters is 1. The molecule has 1 rings (SSSR count). The number of carbonyl (C=O) groups is 2. The van der Waals surface area contributed by atoms with Crippen LogP contribution in [0.3, 0.4) is 0 Å². The Labute approximate surface area is 123 Å². The third kappa shape index (κ3) is 4.27. The molecule has 7 nitrogen and oxygen atoms in total. The predicted octanol–water partition coefficient (Wildman–Crippen LogP) is 0.230. The lowest BCUT2D eigenvalue weighted by Crippen LogP contribution is -2.38. The lowest BCUT2D eigenvalue weighted by Gasteiger charge is -2.15. The molecule has 0 heterocycles. The Bertz CT molecular complexity index is 627. The second kappa shape index (κ2) is 7.19. The SMILES string of the molecule is CCN(C)C(=O)CNS(=O)(=O)c1ccccc1C(=O)OC. The van der Waals surface area contributed by atoms with E-state index in [9.17, 15) is 18.0 Å². The summed E-state index contributed by atoms with van der Waals surface area (Å²) in [6, 6.07) is 5.64. The number of ether oxygens (including phenoxy) is 1. The Balaban J connectivity index is 2.99. The molecule has 0 unspecified atom stereocenters. The Morgan fingerprint density at radius 1 is 1.29 bits per heavy atom. The minimum Gasteiger partial charge on any atom is -0.465 e. The Kier molecular flexibility index (Phi) is 5.86. The molecule has 21 heavy (non-hydrogen) atoms. The molecule has 1 aromatic rings. The summed E-state index contributed by atoms with van der Waals surface area (Å²) in [6.45, 7) is 1.88. The van der Waals surface area contributed by atoms with E-state index in [0.29, 0.717) is 6.54 Å². The van der Waals surface area contributed by atoms with E-state index >= 15 is 0 Å². The van der Waals surface area contributed by atoms with Crippen LogP contribution in [0.5, 0.6) is 0 Å². The molecule has 0 saturated carbocycles. The summed E-state index contributed by atoms with van der Waals surface area (Å²) < 4.78 is 31.1. The fourth-order valence-electron chi connectivity index (χ4n) is 1.53. The van der Waals surface area contributed by atoms with Crippen molar-refractivity contribution in [1.29, 1.82) is 0 Å². The highest BCUT2D eigenvalue weighted by Gasteiger charge is 2.23. The van der Waals surface area contributed by atoms with E-state index in [1.54, 1.807) is 14.0 Å². The normalized spacial score (nSPS) is 11.0. The first-order chi connectivity index (χ1) is 9.83. The van der Waals surface area contributed by atoms with Gasteiger partial charge in [0, 0.05) is 13.6 Å². The van der Waals surface area contributed by atoms with Crippen LogP contribution in [0.25, 0.3) is 0 Å². The molecule has 0 spiro atoms. The van der Waals surface area contributed by atoms with Crippen molar-refractivity contribution >= 4 is 21.9 Å². The van der Waals surface area contributed by atoms with Crippen molar-refractivity contribution in [3.8, 4) is 0 Å². The number of nitrogens with one attached hydrogen (secondary N) is 1. The van der Waals surface area contributed by atoms with Crippen molar-refractivity contribution in [2.75, 3.05) is 27.2 Å². The average molecular weight is 314 g/mol. The average Bonchev–Trinajstić information content (AvgIpc) is 2.51. The second-order valence-corrected chi connectivity index (χ2v) is 5.96. The summed E-state index contributed by atoms with van der Waals surface area (Å²) in [5.74, 6) is -1.12. The number of rotatable bonds is 6. The third-order valence-electron chi connectivity index (χ3n) is 2.90. The van der Waals surface area contributed by atoms with Gasteiger partial charge in [-0.05, 0) is 19.1 Å². The molecular formula is C13H18N2O5S. The largest absolute Gasteiger partial charge is 0.465 e. The van der Waals surface area contributed by atoms with Gasteiger partial charge in [-0.15, -0.1) is 0 Å². The first kappa shape index (κ1) is 17.1. The smallest absolute Gasteiger partial charge is 0.339 e. The molecular weight excluding hydrogens is 296 g/mol. The number of nitrogens with zero attached hydrogens (tertiary/aromatic N) is 1. The Hall–Kier alpha value is -1.93. The lowest BCUT2D eigenvalue weighted by atomic mass is 10.2. The number of amides is 1. The molecule has 0 aliphatic heterocycles. The molecule has 0 bridgehead atoms. The number of carbonyl (C=O) groups excluding carboxylic acids is 2. The van der Waals surface area contributed by atoms with Gasteiger partial charge in [-0.25, -0.2) is 17.9 Å². The zero-order valence-electron chi connectivity index (χ0n) is 12.1. The van der Waals surface area contributed by atoms with Gasteiger partial charge in [-0.2, -0.15) is 0 Å². The van der Waals surface area contributed by atoms with Gasteiger partial charge in [0.25, 0.3) is 0 Å². The zero-order valence-corrected chi connectivity index (χ0v) is 12.9. The van der Waals surface area contributed by atoms with Crippen molar-refractivity contribution in [3.05, 3.63) is 29.8 Å². The van der Waals surface area contributed by atoms with Crippen LogP contribution in [0.1, 0.15) is 17.3 Å². The highest BCUT2D eigenvalue weighted by atomic mass is 32.2. The first-order valence-electron chi connectivity index (χ1n) is 6.24. The number of likely N-dealkylation sites (N-methyl/N-ethyl adjacent to an activating group) is 1. The van der Waals surface area contributed by atoms with Crippen molar-refractivity contribution < 1.29 is 22.7 Å². The van der Waals surface area contributed by atoms with E-state index in [0.717, 1.165) is 0 Å². The maximum atomic E-state index is 12.2. The standard InChI is InChI=1S/C13H18N2O5S/c1-4-15(2)12(16)9-14-21(18,19)11-8-6-5-7-10(11)13(17)20-3/h5-8,14H,4,9H2,1-3H3. The maximum Gasteiger partial charge on any atom is 0.339 e. The molecule has 0 aromatic heterocycles. The zero-order chi connectivity index (χ0) is 16.0. The van der Waals surface area contributed by atoms with Crippen LogP contribution in [-0.4, -0.2) is 52.4 Å². The van der Waals surface area contributed by atoms with E-state index in [4.69, 9.17) is 0 Å². The van der Waals surface area contributed by atoms with Gasteiger partial charge < -0.3 is 9.64 Å². The molecule has 0 aliphatic rings. The number of hydrogen-bond acceptors (Lipinski definition) is 5. The summed E-state index contributed by atoms with van der Waals surface area (Å²) in [6.07, 6.45) is 0. The van der Waals surface area contributed by atoms with Gasteiger partial charge in [0.1, 0.15) is 0 Å². The molecule has 8 heteroatoms. The fourth-order valence-corrected chi connectivity index (χ4v) is 2.69. The van der Waals surface area contributed by atoms with Gasteiger partial charge in [-0.1, -0.05) is 12.1 Å². The number of hydrogen-bond donors (Lipinski definition) is 1. The molecule has 0 radical (unpaired) electrons. The van der Waals surface area contributed by atoms with Crippen LogP contribution in [-0.2, 0) is 19.6 Å². The molecule has 0 saturated heterocycles. The Morgan fingerprint density at radius 3 is 2.48 bits per heavy atom. The van der Waals surface area contributed by atoms with E-state index < -0.39 is 16.0 Å². The number of sulfonamides is 1. The van der Waals surface area contributed by atoms with Gasteiger partial charge in [0.2, 0.25) is 15.9 Å². The molecule has 0 fully saturated rings. The van der Waals surface area contributed by atoms with Crippen molar-refractivity contribution in [3.63, 3.8) is 0 Å². The highest BCUT2D eigenvalue weighted by Crippen LogP contribution is 2.16. The maximum absolute atomic E-state index is 12.2. The molecule has 1 aromatic carbocycles. The number of benzene rings is 1. The molecule has 1 N–H and O–H groups in total. The van der Waals surface area contributed by atoms with E-state index in [1.165, 1.54) is 36.3 Å². The van der Waals surface area contributed by atoms with E-state index in [-0.39, 0.29) is 22.9 Å². The first-order valence-corrected chi connectivity index (χ1v) is 7.72. The van der Waals surface area contributed by atoms with Crippen LogP contribution in [0.4, 0.5) is 0 Å². The van der Waals surface area contributed by atoms with Crippen molar-refractivity contribution in [1.82, 2.24) is 9.62 Å². The minimum absolute atomic E-state index is 0.0798. The predicted molar refractivity (Wildman–Crippen MR) is 76.3 cm³/mol. The summed E-state index contributed by atoms with van der Waals surface area (Å²) in [5.41, 5.74) is -0.0798. The van der Waals surface area contributed by atoms with Gasteiger partial charge in [0.15, 0.2) is 0 Å². The van der Waals surface area contributed by atoms with Gasteiger partial charge >= 0.3 is 5.97 Å². The summed E-state index contributed by atoms with van der Waals surface area (Å²) in [5, 5.41) is 0. The molecule has 116 valence electrons. The fraction of sp³-hybridized carbons (Fsp3) is 0.385. The molecule has 0 aliphatic carbocycles.